The van der Waals surface area contributed by atoms with Crippen LogP contribution in [0.2, 0.25) is 0 Å². The first-order chi connectivity index (χ1) is 19.6. The summed E-state index contributed by atoms with van der Waals surface area (Å²) >= 11 is 17.3. The fourth-order valence-corrected chi connectivity index (χ4v) is 5.25. The van der Waals surface area contributed by atoms with Crippen molar-refractivity contribution < 1.29 is 28.0 Å². The maximum atomic E-state index is 15.3. The number of hydrogen-bond acceptors (Lipinski definition) is 7. The molecule has 0 aliphatic heterocycles. The second kappa shape index (κ2) is 11.7. The molecule has 0 bridgehead atoms. The SMILES string of the molecule is CCOC(=O)C(Cc1ccc(-c2noc(C(Cl)(Cl)Cl)n2)c(F)c1)N(C(=O)OC)C1c2ccccc2-c2ccccc21. The predicted octanol–water partition coefficient (Wildman–Crippen LogP) is 7.02. The molecular formula is C29H23Cl3FN3O5. The zero-order valence-corrected chi connectivity index (χ0v) is 24.1. The first kappa shape index (κ1) is 28.9. The van der Waals surface area contributed by atoms with Crippen LogP contribution in [0.1, 0.15) is 35.5 Å². The first-order valence-corrected chi connectivity index (χ1v) is 13.7. The topological polar surface area (TPSA) is 94.8 Å². The highest BCUT2D eigenvalue weighted by atomic mass is 35.6. The Kier molecular flexibility index (Phi) is 8.22. The van der Waals surface area contributed by atoms with E-state index in [9.17, 15) is 9.59 Å². The largest absolute Gasteiger partial charge is 0.464 e. The van der Waals surface area contributed by atoms with Gasteiger partial charge >= 0.3 is 12.1 Å². The Morgan fingerprint density at radius 2 is 1.66 bits per heavy atom. The molecule has 4 aromatic rings. The molecule has 0 fully saturated rings. The molecule has 1 aromatic heterocycles. The van der Waals surface area contributed by atoms with E-state index in [0.29, 0.717) is 5.56 Å². The van der Waals surface area contributed by atoms with Crippen LogP contribution < -0.4 is 0 Å². The molecule has 5 rings (SSSR count). The summed E-state index contributed by atoms with van der Waals surface area (Å²) in [5.41, 5.74) is 3.94. The summed E-state index contributed by atoms with van der Waals surface area (Å²) in [4.78, 5) is 32.2. The molecule has 0 N–H and O–H groups in total. The number of benzene rings is 3. The Labute approximate surface area is 249 Å². The van der Waals surface area contributed by atoms with E-state index in [1.165, 1.54) is 24.1 Å². The van der Waals surface area contributed by atoms with E-state index < -0.39 is 33.8 Å². The van der Waals surface area contributed by atoms with Crippen molar-refractivity contribution in [2.75, 3.05) is 13.7 Å². The van der Waals surface area contributed by atoms with Crippen molar-refractivity contribution in [1.82, 2.24) is 15.0 Å². The number of alkyl halides is 3. The molecule has 1 heterocycles. The van der Waals surface area contributed by atoms with E-state index in [2.05, 4.69) is 10.1 Å². The van der Waals surface area contributed by atoms with Crippen molar-refractivity contribution in [2.45, 2.75) is 29.2 Å². The lowest BCUT2D eigenvalue weighted by atomic mass is 9.97. The molecule has 0 saturated carbocycles. The summed E-state index contributed by atoms with van der Waals surface area (Å²) in [6.45, 7) is 1.75. The summed E-state index contributed by atoms with van der Waals surface area (Å²) in [5.74, 6) is -1.79. The monoisotopic (exact) mass is 617 g/mol. The molecule has 0 spiro atoms. The van der Waals surface area contributed by atoms with Crippen molar-refractivity contribution in [3.8, 4) is 22.5 Å². The summed E-state index contributed by atoms with van der Waals surface area (Å²) in [5, 5.41) is 3.69. The van der Waals surface area contributed by atoms with E-state index in [1.807, 2.05) is 48.5 Å². The lowest BCUT2D eigenvalue weighted by Gasteiger charge is -2.35. The molecule has 0 saturated heterocycles. The van der Waals surface area contributed by atoms with E-state index in [1.54, 1.807) is 13.0 Å². The number of carbonyl (C=O) groups excluding carboxylic acids is 2. The zero-order chi connectivity index (χ0) is 29.3. The summed E-state index contributed by atoms with van der Waals surface area (Å²) < 4.78 is 28.9. The molecule has 12 heteroatoms. The number of amides is 1. The van der Waals surface area contributed by atoms with Gasteiger partial charge in [-0.1, -0.05) is 94.6 Å². The van der Waals surface area contributed by atoms with Gasteiger partial charge in [0.05, 0.1) is 25.3 Å². The molecule has 1 atom stereocenters. The van der Waals surface area contributed by atoms with Crippen LogP contribution >= 0.6 is 34.8 Å². The van der Waals surface area contributed by atoms with Crippen LogP contribution in [-0.2, 0) is 24.5 Å². The van der Waals surface area contributed by atoms with Crippen LogP contribution in [0.3, 0.4) is 0 Å². The normalized spacial score (nSPS) is 13.3. The number of ether oxygens (including phenoxy) is 2. The van der Waals surface area contributed by atoms with Crippen molar-refractivity contribution in [3.05, 3.63) is 95.1 Å². The maximum Gasteiger partial charge on any atom is 0.411 e. The van der Waals surface area contributed by atoms with E-state index >= 15 is 4.39 Å². The molecule has 1 unspecified atom stereocenters. The third-order valence-electron chi connectivity index (χ3n) is 6.73. The first-order valence-electron chi connectivity index (χ1n) is 12.5. The number of fused-ring (bicyclic) bond motifs is 3. The number of aromatic nitrogens is 2. The minimum Gasteiger partial charge on any atom is -0.464 e. The third-order valence-corrected chi connectivity index (χ3v) is 7.22. The zero-order valence-electron chi connectivity index (χ0n) is 21.8. The quantitative estimate of drug-likeness (QED) is 0.162. The smallest absolute Gasteiger partial charge is 0.411 e. The van der Waals surface area contributed by atoms with Crippen molar-refractivity contribution in [2.24, 2.45) is 0 Å². The van der Waals surface area contributed by atoms with Gasteiger partial charge < -0.3 is 14.0 Å². The average Bonchev–Trinajstić information content (AvgIpc) is 3.57. The fourth-order valence-electron chi connectivity index (χ4n) is 5.02. The number of rotatable bonds is 7. The van der Waals surface area contributed by atoms with Crippen molar-refractivity contribution in [1.29, 1.82) is 0 Å². The van der Waals surface area contributed by atoms with Gasteiger partial charge in [-0.3, -0.25) is 4.90 Å². The van der Waals surface area contributed by atoms with Gasteiger partial charge in [-0.2, -0.15) is 4.98 Å². The highest BCUT2D eigenvalue weighted by molar-refractivity contribution is 6.66. The number of nitrogens with zero attached hydrogens (tertiary/aromatic N) is 3. The highest BCUT2D eigenvalue weighted by Crippen LogP contribution is 2.47. The number of hydrogen-bond donors (Lipinski definition) is 0. The molecule has 3 aromatic carbocycles. The average molecular weight is 619 g/mol. The van der Waals surface area contributed by atoms with E-state index in [4.69, 9.17) is 48.8 Å². The van der Waals surface area contributed by atoms with Crippen LogP contribution in [0.4, 0.5) is 9.18 Å². The van der Waals surface area contributed by atoms with Crippen molar-refractivity contribution in [3.63, 3.8) is 0 Å². The Morgan fingerprint density at radius 1 is 1.02 bits per heavy atom. The fraction of sp³-hybridized carbons (Fsp3) is 0.241. The van der Waals surface area contributed by atoms with Crippen LogP contribution in [0.15, 0.2) is 71.3 Å². The minimum absolute atomic E-state index is 0.00541. The molecule has 212 valence electrons. The van der Waals surface area contributed by atoms with Crippen LogP contribution in [-0.4, -0.2) is 46.9 Å². The van der Waals surface area contributed by atoms with Crippen LogP contribution in [0, 0.1) is 5.82 Å². The standard InChI is InChI=1S/C29H23Cl3FN3O5/c1-3-40-26(37)23(15-16-12-13-21(22(33)14-16)25-34-27(41-35-25)29(30,31)32)36(28(38)39-2)24-19-10-6-4-8-17(19)18-9-5-7-11-20(18)24/h4-14,23-24H,3,15H2,1-2H3. The van der Waals surface area contributed by atoms with Gasteiger partial charge in [0.2, 0.25) is 5.82 Å². The molecule has 1 amide bonds. The Morgan fingerprint density at radius 3 is 2.20 bits per heavy atom. The number of methoxy groups -OCH3 is 1. The lowest BCUT2D eigenvalue weighted by molar-refractivity contribution is -0.149. The van der Waals surface area contributed by atoms with Crippen molar-refractivity contribution >= 4 is 46.9 Å². The molecule has 8 nitrogen and oxygen atoms in total. The summed E-state index contributed by atoms with van der Waals surface area (Å²) in [6, 6.07) is 17.7. The minimum atomic E-state index is -1.97. The molecule has 41 heavy (non-hydrogen) atoms. The molecule has 1 aliphatic carbocycles. The Balaban J connectivity index is 1.55. The molecular weight excluding hydrogens is 596 g/mol. The highest BCUT2D eigenvalue weighted by Gasteiger charge is 2.43. The second-order valence-electron chi connectivity index (χ2n) is 9.16. The van der Waals surface area contributed by atoms with Crippen LogP contribution in [0.5, 0.6) is 0 Å². The molecule has 0 radical (unpaired) electrons. The lowest BCUT2D eigenvalue weighted by Crippen LogP contribution is -2.49. The van der Waals surface area contributed by atoms with E-state index in [0.717, 1.165) is 22.3 Å². The van der Waals surface area contributed by atoms with Gasteiger partial charge in [0, 0.05) is 6.42 Å². The maximum absolute atomic E-state index is 15.3. The Bertz CT molecular complexity index is 1560. The third kappa shape index (κ3) is 5.62. The number of carbonyl (C=O) groups is 2. The number of esters is 1. The Hall–Kier alpha value is -3.66. The van der Waals surface area contributed by atoms with Gasteiger partial charge in [-0.25, -0.2) is 14.0 Å². The second-order valence-corrected chi connectivity index (χ2v) is 11.4. The summed E-state index contributed by atoms with van der Waals surface area (Å²) in [6.07, 6.45) is -0.805. The molecule has 1 aliphatic rings. The van der Waals surface area contributed by atoms with Gasteiger partial charge in [0.1, 0.15) is 11.9 Å². The summed E-state index contributed by atoms with van der Waals surface area (Å²) in [7, 11) is 1.25. The van der Waals surface area contributed by atoms with Gasteiger partial charge in [-0.15, -0.1) is 0 Å². The van der Waals surface area contributed by atoms with Gasteiger partial charge in [0.15, 0.2) is 0 Å². The predicted molar refractivity (Wildman–Crippen MR) is 151 cm³/mol. The van der Waals surface area contributed by atoms with E-state index in [-0.39, 0.29) is 30.3 Å². The van der Waals surface area contributed by atoms with Crippen LogP contribution in [0.25, 0.3) is 22.5 Å². The number of halogens is 4. The van der Waals surface area contributed by atoms with Gasteiger partial charge in [-0.05, 0) is 46.9 Å². The van der Waals surface area contributed by atoms with Gasteiger partial charge in [0.25, 0.3) is 9.68 Å².